The van der Waals surface area contributed by atoms with Gasteiger partial charge in [0, 0.05) is 19.3 Å². The number of piperidine rings is 1. The molecule has 23 heavy (non-hydrogen) atoms. The zero-order valence-corrected chi connectivity index (χ0v) is 13.2. The Morgan fingerprint density at radius 3 is 3.04 bits per heavy atom. The van der Waals surface area contributed by atoms with Gasteiger partial charge in [0.05, 0.1) is 16.4 Å². The van der Waals surface area contributed by atoms with Crippen molar-refractivity contribution in [2.45, 2.75) is 19.8 Å². The summed E-state index contributed by atoms with van der Waals surface area (Å²) in [6.07, 6.45) is 7.73. The average molecular weight is 314 g/mol. The van der Waals surface area contributed by atoms with Gasteiger partial charge in [-0.05, 0) is 44.4 Å². The van der Waals surface area contributed by atoms with Crippen LogP contribution in [-0.4, -0.2) is 39.6 Å². The van der Waals surface area contributed by atoms with Crippen LogP contribution in [0, 0.1) is 5.92 Å². The first-order chi connectivity index (χ1) is 11.2. The van der Waals surface area contributed by atoms with Crippen LogP contribution in [0.25, 0.3) is 12.2 Å². The Hall–Kier alpha value is -2.41. The second-order valence-electron chi connectivity index (χ2n) is 5.81. The van der Waals surface area contributed by atoms with Gasteiger partial charge in [-0.25, -0.2) is 14.8 Å². The van der Waals surface area contributed by atoms with Crippen LogP contribution < -0.4 is 27.0 Å². The first-order valence-corrected chi connectivity index (χ1v) is 7.94. The van der Waals surface area contributed by atoms with Gasteiger partial charge in [0.25, 0.3) is 0 Å². The van der Waals surface area contributed by atoms with Crippen LogP contribution in [0.1, 0.15) is 25.5 Å². The molecule has 3 heterocycles. The van der Waals surface area contributed by atoms with E-state index >= 15 is 0 Å². The number of aromatic amines is 2. The molecule has 3 rings (SSSR count). The fourth-order valence-electron chi connectivity index (χ4n) is 2.93. The molecule has 0 aromatic carbocycles. The monoisotopic (exact) mass is 314 g/mol. The lowest BCUT2D eigenvalue weighted by molar-refractivity contribution is 0.419. The van der Waals surface area contributed by atoms with Crippen LogP contribution in [0.4, 0.5) is 5.95 Å². The van der Waals surface area contributed by atoms with Crippen LogP contribution in [0.2, 0.25) is 0 Å². The Labute approximate surface area is 134 Å². The average Bonchev–Trinajstić information content (AvgIpc) is 2.94. The Morgan fingerprint density at radius 1 is 1.43 bits per heavy atom. The van der Waals surface area contributed by atoms with Gasteiger partial charge in [0.1, 0.15) is 0 Å². The zero-order chi connectivity index (χ0) is 16.2. The highest BCUT2D eigenvalue weighted by atomic mass is 16.1. The summed E-state index contributed by atoms with van der Waals surface area (Å²) in [6, 6.07) is 1.83. The van der Waals surface area contributed by atoms with Gasteiger partial charge in [-0.3, -0.25) is 0 Å². The molecule has 4 N–H and O–H groups in total. The van der Waals surface area contributed by atoms with Gasteiger partial charge < -0.3 is 20.6 Å². The van der Waals surface area contributed by atoms with E-state index in [1.54, 1.807) is 6.20 Å². The Kier molecular flexibility index (Phi) is 4.57. The standard InChI is InChI=1S/C16H22N6O/c1-2-13-14(21-16(23)20-13)8-12-5-6-18-15(19-12)22-7-3-4-11(9-17)10-22/h2,5-6,8,11H,3-4,7,9-10,17H2,1H3,(H2,20,21,23)/b13-2+,14-8-. The Bertz CT molecular complexity index is 837. The highest BCUT2D eigenvalue weighted by Crippen LogP contribution is 2.19. The second-order valence-corrected chi connectivity index (χ2v) is 5.81. The summed E-state index contributed by atoms with van der Waals surface area (Å²) >= 11 is 0. The molecule has 1 saturated heterocycles. The van der Waals surface area contributed by atoms with Gasteiger partial charge in [-0.15, -0.1) is 0 Å². The first-order valence-electron chi connectivity index (χ1n) is 7.94. The molecule has 0 amide bonds. The molecule has 7 nitrogen and oxygen atoms in total. The molecular formula is C16H22N6O. The molecule has 0 aliphatic carbocycles. The van der Waals surface area contributed by atoms with Gasteiger partial charge >= 0.3 is 5.69 Å². The molecule has 0 radical (unpaired) electrons. The van der Waals surface area contributed by atoms with E-state index in [4.69, 9.17) is 5.73 Å². The third-order valence-corrected chi connectivity index (χ3v) is 4.17. The van der Waals surface area contributed by atoms with E-state index in [1.807, 2.05) is 25.1 Å². The normalized spacial score (nSPS) is 20.3. The summed E-state index contributed by atoms with van der Waals surface area (Å²) in [5.74, 6) is 1.22. The number of anilines is 1. The molecule has 0 spiro atoms. The Balaban J connectivity index is 1.92. The van der Waals surface area contributed by atoms with Crippen LogP contribution in [-0.2, 0) is 0 Å². The van der Waals surface area contributed by atoms with Crippen molar-refractivity contribution in [2.24, 2.45) is 11.7 Å². The maximum atomic E-state index is 11.4. The van der Waals surface area contributed by atoms with Crippen LogP contribution in [0.3, 0.4) is 0 Å². The van der Waals surface area contributed by atoms with Gasteiger partial charge in [-0.1, -0.05) is 6.08 Å². The summed E-state index contributed by atoms with van der Waals surface area (Å²) in [5, 5.41) is 1.48. The van der Waals surface area contributed by atoms with Crippen LogP contribution in [0.15, 0.2) is 17.1 Å². The number of aromatic nitrogens is 4. The number of nitrogens with one attached hydrogen (secondary N) is 2. The van der Waals surface area contributed by atoms with Crippen molar-refractivity contribution in [3.05, 3.63) is 39.1 Å². The number of nitrogens with zero attached hydrogens (tertiary/aromatic N) is 3. The largest absolute Gasteiger partial charge is 0.340 e. The van der Waals surface area contributed by atoms with E-state index < -0.39 is 0 Å². The topological polar surface area (TPSA) is 104 Å². The number of rotatable bonds is 3. The van der Waals surface area contributed by atoms with Gasteiger partial charge in [0.15, 0.2) is 0 Å². The summed E-state index contributed by atoms with van der Waals surface area (Å²) < 4.78 is 0. The van der Waals surface area contributed by atoms with Crippen molar-refractivity contribution in [3.8, 4) is 0 Å². The van der Waals surface area contributed by atoms with Crippen molar-refractivity contribution in [1.82, 2.24) is 19.9 Å². The van der Waals surface area contributed by atoms with Crippen LogP contribution in [0.5, 0.6) is 0 Å². The molecule has 0 saturated carbocycles. The molecule has 1 atom stereocenters. The van der Waals surface area contributed by atoms with Crippen molar-refractivity contribution in [3.63, 3.8) is 0 Å². The highest BCUT2D eigenvalue weighted by molar-refractivity contribution is 5.46. The summed E-state index contributed by atoms with van der Waals surface area (Å²) in [5.41, 5.74) is 6.34. The van der Waals surface area contributed by atoms with Crippen molar-refractivity contribution in [1.29, 1.82) is 0 Å². The zero-order valence-electron chi connectivity index (χ0n) is 13.2. The number of H-pyrrole nitrogens is 2. The molecule has 2 aromatic rings. The van der Waals surface area contributed by atoms with Crippen molar-refractivity contribution in [2.75, 3.05) is 24.5 Å². The van der Waals surface area contributed by atoms with E-state index in [0.717, 1.165) is 41.9 Å². The van der Waals surface area contributed by atoms with E-state index in [0.29, 0.717) is 12.5 Å². The molecule has 1 aliphatic heterocycles. The SMILES string of the molecule is C/C=c1/[nH]c(=O)[nH]/c1=C\c1ccnc(N2CCCC(CN)C2)n1. The Morgan fingerprint density at radius 2 is 2.26 bits per heavy atom. The smallest absolute Gasteiger partial charge is 0.323 e. The van der Waals surface area contributed by atoms with Gasteiger partial charge in [-0.2, -0.15) is 0 Å². The highest BCUT2D eigenvalue weighted by Gasteiger charge is 2.20. The van der Waals surface area contributed by atoms with E-state index in [2.05, 4.69) is 24.8 Å². The maximum absolute atomic E-state index is 11.4. The predicted octanol–water partition coefficient (Wildman–Crippen LogP) is -0.703. The molecule has 1 unspecified atom stereocenters. The molecule has 2 aromatic heterocycles. The molecule has 1 aliphatic rings. The molecule has 0 bridgehead atoms. The fourth-order valence-corrected chi connectivity index (χ4v) is 2.93. The molecule has 122 valence electrons. The van der Waals surface area contributed by atoms with E-state index in [-0.39, 0.29) is 5.69 Å². The minimum Gasteiger partial charge on any atom is -0.340 e. The number of nitrogens with two attached hydrogens (primary N) is 1. The molecule has 1 fully saturated rings. The third-order valence-electron chi connectivity index (χ3n) is 4.17. The van der Waals surface area contributed by atoms with E-state index in [9.17, 15) is 4.79 Å². The summed E-state index contributed by atoms with van der Waals surface area (Å²) in [7, 11) is 0. The number of hydrogen-bond acceptors (Lipinski definition) is 5. The quantitative estimate of drug-likeness (QED) is 0.695. The molecular weight excluding hydrogens is 292 g/mol. The second kappa shape index (κ2) is 6.78. The summed E-state index contributed by atoms with van der Waals surface area (Å²) in [4.78, 5) is 28.1. The lowest BCUT2D eigenvalue weighted by Gasteiger charge is -2.32. The van der Waals surface area contributed by atoms with Gasteiger partial charge in [0.2, 0.25) is 5.95 Å². The number of hydrogen-bond donors (Lipinski definition) is 3. The minimum atomic E-state index is -0.222. The van der Waals surface area contributed by atoms with Crippen molar-refractivity contribution >= 4 is 18.1 Å². The summed E-state index contributed by atoms with van der Waals surface area (Å²) in [6.45, 7) is 4.43. The van der Waals surface area contributed by atoms with Crippen LogP contribution >= 0.6 is 0 Å². The first kappa shape index (κ1) is 15.5. The lowest BCUT2D eigenvalue weighted by atomic mass is 9.99. The van der Waals surface area contributed by atoms with E-state index in [1.165, 1.54) is 6.42 Å². The third kappa shape index (κ3) is 3.50. The minimum absolute atomic E-state index is 0.222. The number of imidazole rings is 1. The predicted molar refractivity (Wildman–Crippen MR) is 90.4 cm³/mol. The molecule has 7 heteroatoms. The lowest BCUT2D eigenvalue weighted by Crippen LogP contribution is -2.39. The fraction of sp³-hybridized carbons (Fsp3) is 0.438. The van der Waals surface area contributed by atoms with Crippen molar-refractivity contribution < 1.29 is 0 Å². The maximum Gasteiger partial charge on any atom is 0.323 e.